The van der Waals surface area contributed by atoms with E-state index in [0.717, 1.165) is 6.42 Å². The number of benzene rings is 1. The van der Waals surface area contributed by atoms with E-state index in [0.29, 0.717) is 23.6 Å². The smallest absolute Gasteiger partial charge is 0.333 e. The molecule has 27 heavy (non-hydrogen) atoms. The lowest BCUT2D eigenvalue weighted by Gasteiger charge is -2.18. The number of pyridine rings is 1. The van der Waals surface area contributed by atoms with Crippen molar-refractivity contribution in [1.82, 2.24) is 9.88 Å². The monoisotopic (exact) mass is 370 g/mol. The third kappa shape index (κ3) is 5.06. The summed E-state index contributed by atoms with van der Waals surface area (Å²) in [5, 5.41) is 2.65. The lowest BCUT2D eigenvalue weighted by atomic mass is 10.1. The fourth-order valence-corrected chi connectivity index (χ4v) is 2.76. The zero-order valence-electron chi connectivity index (χ0n) is 16.2. The van der Waals surface area contributed by atoms with Crippen molar-refractivity contribution in [2.24, 2.45) is 5.92 Å². The van der Waals surface area contributed by atoms with Crippen LogP contribution in [0.25, 0.3) is 0 Å². The molecule has 1 aromatic carbocycles. The van der Waals surface area contributed by atoms with Crippen LogP contribution in [0.4, 0.5) is 0 Å². The van der Waals surface area contributed by atoms with E-state index in [1.165, 1.54) is 11.7 Å². The van der Waals surface area contributed by atoms with Gasteiger partial charge < -0.3 is 14.6 Å². The van der Waals surface area contributed by atoms with Crippen LogP contribution in [-0.2, 0) is 16.1 Å². The number of carbonyl (C=O) groups is 2. The van der Waals surface area contributed by atoms with Gasteiger partial charge in [0.1, 0.15) is 5.56 Å². The fraction of sp³-hybridized carbons (Fsp3) is 0.381. The Morgan fingerprint density at radius 2 is 1.81 bits per heavy atom. The minimum atomic E-state index is -0.980. The van der Waals surface area contributed by atoms with Gasteiger partial charge in [0.15, 0.2) is 6.04 Å². The molecule has 2 aromatic rings. The Hall–Kier alpha value is -2.89. The van der Waals surface area contributed by atoms with E-state index in [1.54, 1.807) is 43.5 Å². The largest absolute Gasteiger partial charge is 0.467 e. The molecule has 1 heterocycles. The number of amides is 1. The highest BCUT2D eigenvalue weighted by molar-refractivity contribution is 5.97. The Labute approximate surface area is 159 Å². The molecule has 144 valence electrons. The van der Waals surface area contributed by atoms with Crippen molar-refractivity contribution in [3.63, 3.8) is 0 Å². The van der Waals surface area contributed by atoms with Gasteiger partial charge in [0.05, 0.1) is 7.11 Å². The van der Waals surface area contributed by atoms with Gasteiger partial charge in [0.25, 0.3) is 11.5 Å². The molecule has 0 radical (unpaired) electrons. The van der Waals surface area contributed by atoms with Gasteiger partial charge in [-0.15, -0.1) is 0 Å². The molecule has 0 saturated heterocycles. The Kier molecular flexibility index (Phi) is 6.93. The Balaban J connectivity index is 2.34. The highest BCUT2D eigenvalue weighted by Gasteiger charge is 2.26. The summed E-state index contributed by atoms with van der Waals surface area (Å²) in [6.07, 6.45) is 2.53. The number of hydrogen-bond acceptors (Lipinski definition) is 4. The van der Waals surface area contributed by atoms with Gasteiger partial charge in [-0.05, 0) is 36.5 Å². The van der Waals surface area contributed by atoms with E-state index >= 15 is 0 Å². The minimum absolute atomic E-state index is 0.0473. The van der Waals surface area contributed by atoms with Crippen molar-refractivity contribution in [2.75, 3.05) is 7.11 Å². The van der Waals surface area contributed by atoms with Crippen LogP contribution in [0.1, 0.15) is 47.8 Å². The van der Waals surface area contributed by atoms with Gasteiger partial charge in [0.2, 0.25) is 0 Å². The topological polar surface area (TPSA) is 77.4 Å². The normalized spacial score (nSPS) is 11.9. The average molecular weight is 370 g/mol. The lowest BCUT2D eigenvalue weighted by Crippen LogP contribution is -2.39. The van der Waals surface area contributed by atoms with Crippen LogP contribution in [0.5, 0.6) is 0 Å². The second-order valence-electron chi connectivity index (χ2n) is 6.90. The molecule has 0 bridgehead atoms. The highest BCUT2D eigenvalue weighted by atomic mass is 16.5. The van der Waals surface area contributed by atoms with Crippen LogP contribution in [0.2, 0.25) is 0 Å². The summed E-state index contributed by atoms with van der Waals surface area (Å²) in [4.78, 5) is 37.8. The molecular weight excluding hydrogens is 344 g/mol. The lowest BCUT2D eigenvalue weighted by molar-refractivity contribution is -0.143. The molecule has 1 aromatic heterocycles. The predicted molar refractivity (Wildman–Crippen MR) is 104 cm³/mol. The first-order chi connectivity index (χ1) is 12.8. The maximum Gasteiger partial charge on any atom is 0.333 e. The first-order valence-electron chi connectivity index (χ1n) is 8.98. The number of aromatic nitrogens is 1. The standard InChI is InChI=1S/C21H26N2O4/c1-14(2)10-12-23-13-11-15(3)17(20(23)25)19(24)22-18(21(26)27-4)16-8-6-5-7-9-16/h5-9,11,13-14,18H,10,12H2,1-4H3,(H,22,24)/t18-/m0/s1. The van der Waals surface area contributed by atoms with E-state index < -0.39 is 17.9 Å². The molecule has 6 heteroatoms. The highest BCUT2D eigenvalue weighted by Crippen LogP contribution is 2.15. The molecule has 6 nitrogen and oxygen atoms in total. The summed E-state index contributed by atoms with van der Waals surface area (Å²) in [5.41, 5.74) is 0.845. The quantitative estimate of drug-likeness (QED) is 0.760. The van der Waals surface area contributed by atoms with Crippen molar-refractivity contribution in [2.45, 2.75) is 39.8 Å². The van der Waals surface area contributed by atoms with Crippen LogP contribution in [-0.4, -0.2) is 23.6 Å². The number of nitrogens with zero attached hydrogens (tertiary/aromatic N) is 1. The van der Waals surface area contributed by atoms with E-state index in [9.17, 15) is 14.4 Å². The molecule has 0 aliphatic carbocycles. The van der Waals surface area contributed by atoms with Gasteiger partial charge in [-0.2, -0.15) is 0 Å². The first kappa shape index (κ1) is 20.4. The maximum atomic E-state index is 12.8. The minimum Gasteiger partial charge on any atom is -0.467 e. The predicted octanol–water partition coefficient (Wildman–Crippen LogP) is 2.85. The summed E-state index contributed by atoms with van der Waals surface area (Å²) < 4.78 is 6.35. The van der Waals surface area contributed by atoms with Gasteiger partial charge in [-0.3, -0.25) is 9.59 Å². The maximum absolute atomic E-state index is 12.8. The van der Waals surface area contributed by atoms with Crippen molar-refractivity contribution in [1.29, 1.82) is 0 Å². The third-order valence-electron chi connectivity index (χ3n) is 4.39. The van der Waals surface area contributed by atoms with Gasteiger partial charge in [-0.1, -0.05) is 44.2 Å². The SMILES string of the molecule is COC(=O)[C@@H](NC(=O)c1c(C)ccn(CCC(C)C)c1=O)c1ccccc1. The van der Waals surface area contributed by atoms with E-state index in [2.05, 4.69) is 19.2 Å². The number of esters is 1. The second-order valence-corrected chi connectivity index (χ2v) is 6.90. The molecule has 1 N–H and O–H groups in total. The van der Waals surface area contributed by atoms with Crippen LogP contribution in [0, 0.1) is 12.8 Å². The molecule has 0 aliphatic heterocycles. The summed E-state index contributed by atoms with van der Waals surface area (Å²) in [7, 11) is 1.26. The van der Waals surface area contributed by atoms with Crippen molar-refractivity contribution in [3.05, 3.63) is 69.6 Å². The zero-order chi connectivity index (χ0) is 20.0. The fourth-order valence-electron chi connectivity index (χ4n) is 2.76. The molecule has 0 fully saturated rings. The van der Waals surface area contributed by atoms with Gasteiger partial charge in [-0.25, -0.2) is 4.79 Å². The Morgan fingerprint density at radius 3 is 2.41 bits per heavy atom. The molecule has 2 rings (SSSR count). The zero-order valence-corrected chi connectivity index (χ0v) is 16.2. The second kappa shape index (κ2) is 9.16. The van der Waals surface area contributed by atoms with Crippen molar-refractivity contribution < 1.29 is 14.3 Å². The van der Waals surface area contributed by atoms with Gasteiger partial charge in [0, 0.05) is 12.7 Å². The number of rotatable bonds is 7. The van der Waals surface area contributed by atoms with Crippen LogP contribution in [0.3, 0.4) is 0 Å². The van der Waals surface area contributed by atoms with Crippen molar-refractivity contribution >= 4 is 11.9 Å². The molecule has 0 saturated carbocycles. The number of carbonyl (C=O) groups excluding carboxylic acids is 2. The van der Waals surface area contributed by atoms with Crippen molar-refractivity contribution in [3.8, 4) is 0 Å². The van der Waals surface area contributed by atoms with E-state index in [1.807, 2.05) is 6.07 Å². The molecule has 0 unspecified atom stereocenters. The third-order valence-corrected chi connectivity index (χ3v) is 4.39. The average Bonchev–Trinajstić information content (AvgIpc) is 2.65. The van der Waals surface area contributed by atoms with Crippen LogP contribution < -0.4 is 10.9 Å². The van der Waals surface area contributed by atoms with Crippen LogP contribution in [0.15, 0.2) is 47.4 Å². The summed E-state index contributed by atoms with van der Waals surface area (Å²) in [6.45, 7) is 6.40. The molecule has 0 spiro atoms. The molecule has 1 amide bonds. The van der Waals surface area contributed by atoms with Gasteiger partial charge >= 0.3 is 5.97 Å². The Morgan fingerprint density at radius 1 is 1.15 bits per heavy atom. The summed E-state index contributed by atoms with van der Waals surface area (Å²) in [5.74, 6) is -0.740. The number of aryl methyl sites for hydroxylation is 2. The summed E-state index contributed by atoms with van der Waals surface area (Å²) >= 11 is 0. The number of hydrogen-bond donors (Lipinski definition) is 1. The molecule has 1 atom stereocenters. The number of ether oxygens (including phenoxy) is 1. The van der Waals surface area contributed by atoms with E-state index in [4.69, 9.17) is 4.74 Å². The van der Waals surface area contributed by atoms with Crippen LogP contribution >= 0.6 is 0 Å². The molecule has 0 aliphatic rings. The number of nitrogens with one attached hydrogen (secondary N) is 1. The number of methoxy groups -OCH3 is 1. The summed E-state index contributed by atoms with van der Waals surface area (Å²) in [6, 6.07) is 9.56. The van der Waals surface area contributed by atoms with E-state index in [-0.39, 0.29) is 11.1 Å². The first-order valence-corrected chi connectivity index (χ1v) is 8.98. The molecular formula is C21H26N2O4. The Bertz CT molecular complexity index is 856.